The summed E-state index contributed by atoms with van der Waals surface area (Å²) < 4.78 is 21.2. The molecule has 0 saturated carbocycles. The number of rotatable bonds is 6. The summed E-state index contributed by atoms with van der Waals surface area (Å²) in [5.74, 6) is -0.604. The van der Waals surface area contributed by atoms with Crippen LogP contribution < -0.4 is 5.73 Å². The fraction of sp³-hybridized carbons (Fsp3) is 1.00. The van der Waals surface area contributed by atoms with Gasteiger partial charge in [-0.1, -0.05) is 6.92 Å². The van der Waals surface area contributed by atoms with Crippen LogP contribution in [0, 0.1) is 0 Å². The third-order valence-electron chi connectivity index (χ3n) is 2.72. The maximum Gasteiger partial charge on any atom is 0.497 e. The monoisotopic (exact) mass is 220 g/mol. The van der Waals surface area contributed by atoms with Gasteiger partial charge < -0.3 is 10.5 Å². The third-order valence-corrected chi connectivity index (χ3v) is 3.17. The molecule has 0 aliphatic carbocycles. The molecule has 14 heavy (non-hydrogen) atoms. The first-order valence-electron chi connectivity index (χ1n) is 5.17. The van der Waals surface area contributed by atoms with Crippen LogP contribution in [0.4, 0.5) is 0 Å². The fourth-order valence-corrected chi connectivity index (χ4v) is 2.10. The topological polar surface area (TPSA) is 61.5 Å². The highest BCUT2D eigenvalue weighted by molar-refractivity contribution is 7.17. The molecule has 1 heterocycles. The molecule has 0 radical (unpaired) electrons. The zero-order valence-electron chi connectivity index (χ0n) is 8.62. The second-order valence-electron chi connectivity index (χ2n) is 3.76. The summed E-state index contributed by atoms with van der Waals surface area (Å²) in [5, 5.41) is 0. The van der Waals surface area contributed by atoms with Crippen molar-refractivity contribution in [2.24, 2.45) is 5.73 Å². The molecule has 1 aliphatic heterocycles. The highest BCUT2D eigenvalue weighted by atomic mass is 31.1. The number of ether oxygens (including phenoxy) is 1. The van der Waals surface area contributed by atoms with Gasteiger partial charge in [0.2, 0.25) is 5.79 Å². The van der Waals surface area contributed by atoms with E-state index in [1.165, 1.54) is 0 Å². The molecule has 2 N–H and O–H groups in total. The molecular formula is C9H19NO3P+. The lowest BCUT2D eigenvalue weighted by Gasteiger charge is -2.22. The Bertz CT molecular complexity index is 183. The van der Waals surface area contributed by atoms with Gasteiger partial charge in [-0.05, 0) is 23.8 Å². The lowest BCUT2D eigenvalue weighted by molar-refractivity contribution is -0.149. The molecule has 1 rings (SSSR count). The second-order valence-corrected chi connectivity index (χ2v) is 4.13. The smallest absolute Gasteiger partial charge is 0.346 e. The molecular weight excluding hydrogens is 201 g/mol. The Kier molecular flexibility index (Phi) is 4.96. The maximum atomic E-state index is 10.5. The molecule has 0 aromatic carbocycles. The van der Waals surface area contributed by atoms with Crippen LogP contribution in [0.15, 0.2) is 0 Å². The normalized spacial score (nSPS) is 29.6. The van der Waals surface area contributed by atoms with E-state index in [-0.39, 0.29) is 6.04 Å². The Morgan fingerprint density at radius 2 is 2.50 bits per heavy atom. The van der Waals surface area contributed by atoms with Crippen molar-refractivity contribution in [3.63, 3.8) is 0 Å². The standard InChI is InChI=1S/C9H19NO3P/c1-2-8(10)4-6-9(13-14-11)5-3-7-12-9/h8,14H,2-7,10H2,1H3/q+1. The lowest BCUT2D eigenvalue weighted by atomic mass is 10.0. The van der Waals surface area contributed by atoms with Gasteiger partial charge in [-0.25, -0.2) is 0 Å². The summed E-state index contributed by atoms with van der Waals surface area (Å²) in [5.41, 5.74) is 5.82. The Morgan fingerprint density at radius 1 is 1.71 bits per heavy atom. The predicted molar refractivity (Wildman–Crippen MR) is 55.5 cm³/mol. The quantitative estimate of drug-likeness (QED) is 0.695. The van der Waals surface area contributed by atoms with Gasteiger partial charge in [0.15, 0.2) is 0 Å². The van der Waals surface area contributed by atoms with E-state index >= 15 is 0 Å². The first kappa shape index (κ1) is 12.1. The lowest BCUT2D eigenvalue weighted by Crippen LogP contribution is -2.31. The molecule has 0 aromatic heterocycles. The Balaban J connectivity index is 2.39. The first-order valence-corrected chi connectivity index (χ1v) is 5.99. The highest BCUT2D eigenvalue weighted by Gasteiger charge is 2.40. The van der Waals surface area contributed by atoms with E-state index in [0.29, 0.717) is 6.61 Å². The largest absolute Gasteiger partial charge is 0.497 e. The van der Waals surface area contributed by atoms with E-state index in [1.807, 2.05) is 0 Å². The number of hydrogen-bond donors (Lipinski definition) is 1. The van der Waals surface area contributed by atoms with Gasteiger partial charge >= 0.3 is 8.69 Å². The zero-order valence-corrected chi connectivity index (χ0v) is 9.62. The highest BCUT2D eigenvalue weighted by Crippen LogP contribution is 2.34. The summed E-state index contributed by atoms with van der Waals surface area (Å²) in [6.45, 7) is 2.76. The molecule has 0 spiro atoms. The molecule has 1 aliphatic rings. The van der Waals surface area contributed by atoms with Crippen LogP contribution in [0.25, 0.3) is 0 Å². The van der Waals surface area contributed by atoms with Gasteiger partial charge in [0, 0.05) is 18.9 Å². The molecule has 1 fully saturated rings. The molecule has 1 saturated heterocycles. The van der Waals surface area contributed by atoms with Gasteiger partial charge in [0.25, 0.3) is 0 Å². The van der Waals surface area contributed by atoms with Gasteiger partial charge in [0.1, 0.15) is 0 Å². The molecule has 0 bridgehead atoms. The van der Waals surface area contributed by atoms with Gasteiger partial charge in [-0.15, -0.1) is 4.52 Å². The van der Waals surface area contributed by atoms with Crippen LogP contribution in [0.3, 0.4) is 0 Å². The van der Waals surface area contributed by atoms with E-state index in [4.69, 9.17) is 15.0 Å². The van der Waals surface area contributed by atoms with Crippen molar-refractivity contribution >= 4 is 8.69 Å². The molecule has 0 amide bonds. The molecule has 0 aromatic rings. The molecule has 4 nitrogen and oxygen atoms in total. The van der Waals surface area contributed by atoms with Crippen LogP contribution in [0.1, 0.15) is 39.0 Å². The van der Waals surface area contributed by atoms with Crippen molar-refractivity contribution in [2.45, 2.75) is 50.9 Å². The van der Waals surface area contributed by atoms with E-state index < -0.39 is 14.5 Å². The van der Waals surface area contributed by atoms with Crippen molar-refractivity contribution in [1.29, 1.82) is 0 Å². The second kappa shape index (κ2) is 5.76. The number of hydrogen-bond acceptors (Lipinski definition) is 4. The minimum Gasteiger partial charge on any atom is -0.346 e. The summed E-state index contributed by atoms with van der Waals surface area (Å²) in [7, 11) is -0.749. The summed E-state index contributed by atoms with van der Waals surface area (Å²) in [4.78, 5) is 0. The Hall–Kier alpha value is -0.0200. The molecule has 3 unspecified atom stereocenters. The average Bonchev–Trinajstić information content (AvgIpc) is 2.64. The summed E-state index contributed by atoms with van der Waals surface area (Å²) in [6.07, 6.45) is 4.37. The van der Waals surface area contributed by atoms with Gasteiger partial charge in [-0.2, -0.15) is 0 Å². The average molecular weight is 220 g/mol. The summed E-state index contributed by atoms with van der Waals surface area (Å²) >= 11 is 0. The van der Waals surface area contributed by atoms with Gasteiger partial charge in [0.05, 0.1) is 6.61 Å². The molecule has 82 valence electrons. The maximum absolute atomic E-state index is 10.5. The zero-order chi connectivity index (χ0) is 10.4. The minimum atomic E-state index is -0.749. The van der Waals surface area contributed by atoms with Crippen LogP contribution in [-0.2, 0) is 13.8 Å². The van der Waals surface area contributed by atoms with Crippen molar-refractivity contribution in [1.82, 2.24) is 0 Å². The van der Waals surface area contributed by atoms with Gasteiger partial charge in [-0.3, -0.25) is 0 Å². The van der Waals surface area contributed by atoms with E-state index in [0.717, 1.165) is 32.1 Å². The van der Waals surface area contributed by atoms with Crippen LogP contribution in [-0.4, -0.2) is 18.4 Å². The number of nitrogens with two attached hydrogens (primary N) is 1. The van der Waals surface area contributed by atoms with Crippen molar-refractivity contribution in [3.8, 4) is 0 Å². The van der Waals surface area contributed by atoms with E-state index in [1.54, 1.807) is 0 Å². The fourth-order valence-electron chi connectivity index (χ4n) is 1.69. The predicted octanol–water partition coefficient (Wildman–Crippen LogP) is 1.97. The van der Waals surface area contributed by atoms with Crippen molar-refractivity contribution in [3.05, 3.63) is 0 Å². The van der Waals surface area contributed by atoms with Crippen molar-refractivity contribution < 1.29 is 13.8 Å². The SMILES string of the molecule is CCC(N)CCC1(O[PH+]=O)CCCO1. The third kappa shape index (κ3) is 3.28. The van der Waals surface area contributed by atoms with E-state index in [2.05, 4.69) is 6.92 Å². The van der Waals surface area contributed by atoms with Crippen LogP contribution >= 0.6 is 8.69 Å². The Morgan fingerprint density at radius 3 is 3.00 bits per heavy atom. The van der Waals surface area contributed by atoms with E-state index in [9.17, 15) is 4.57 Å². The molecule has 3 atom stereocenters. The minimum absolute atomic E-state index is 0.190. The Labute approximate surface area is 86.4 Å². The van der Waals surface area contributed by atoms with Crippen LogP contribution in [0.2, 0.25) is 0 Å². The molecule has 5 heteroatoms. The first-order chi connectivity index (χ1) is 6.72. The van der Waals surface area contributed by atoms with Crippen molar-refractivity contribution in [2.75, 3.05) is 6.61 Å². The summed E-state index contributed by atoms with van der Waals surface area (Å²) in [6, 6.07) is 0.190. The van der Waals surface area contributed by atoms with Crippen LogP contribution in [0.5, 0.6) is 0 Å².